The predicted molar refractivity (Wildman–Crippen MR) is 94.0 cm³/mol. The van der Waals surface area contributed by atoms with E-state index < -0.39 is 5.91 Å². The van der Waals surface area contributed by atoms with E-state index >= 15 is 0 Å². The Morgan fingerprint density at radius 3 is 2.72 bits per heavy atom. The van der Waals surface area contributed by atoms with Crippen molar-refractivity contribution in [3.8, 4) is 11.1 Å². The summed E-state index contributed by atoms with van der Waals surface area (Å²) >= 11 is 0. The number of primary amides is 1. The van der Waals surface area contributed by atoms with Gasteiger partial charge >= 0.3 is 0 Å². The Balaban J connectivity index is 1.87. The number of hydrogen-bond acceptors (Lipinski definition) is 4. The third kappa shape index (κ3) is 2.99. The summed E-state index contributed by atoms with van der Waals surface area (Å²) in [6, 6.07) is 1.60. The molecule has 6 heteroatoms. The van der Waals surface area contributed by atoms with Crippen LogP contribution in [-0.4, -0.2) is 21.8 Å². The van der Waals surface area contributed by atoms with Crippen LogP contribution in [0.3, 0.4) is 0 Å². The molecule has 2 amide bonds. The van der Waals surface area contributed by atoms with Crippen molar-refractivity contribution in [2.75, 3.05) is 5.32 Å². The first kappa shape index (κ1) is 15.7. The lowest BCUT2D eigenvalue weighted by molar-refractivity contribution is -0.117. The summed E-state index contributed by atoms with van der Waals surface area (Å²) in [4.78, 5) is 32.9. The maximum absolute atomic E-state index is 12.2. The van der Waals surface area contributed by atoms with Gasteiger partial charge in [-0.05, 0) is 55.7 Å². The van der Waals surface area contributed by atoms with Crippen LogP contribution in [0, 0.1) is 5.92 Å². The number of carbonyl (C=O) groups excluding carboxylic acids is 2. The van der Waals surface area contributed by atoms with Gasteiger partial charge in [-0.2, -0.15) is 0 Å². The minimum atomic E-state index is -0.535. The van der Waals surface area contributed by atoms with Gasteiger partial charge in [-0.1, -0.05) is 0 Å². The van der Waals surface area contributed by atoms with Gasteiger partial charge in [0.05, 0.1) is 5.56 Å². The van der Waals surface area contributed by atoms with E-state index in [1.54, 1.807) is 12.3 Å². The Kier molecular flexibility index (Phi) is 3.95. The van der Waals surface area contributed by atoms with Crippen LogP contribution in [0.4, 0.5) is 5.82 Å². The van der Waals surface area contributed by atoms with E-state index in [-0.39, 0.29) is 11.8 Å². The first-order valence-electron chi connectivity index (χ1n) is 8.71. The molecular weight excluding hydrogens is 316 g/mol. The molecule has 6 nitrogen and oxygen atoms in total. The zero-order chi connectivity index (χ0) is 17.4. The van der Waals surface area contributed by atoms with E-state index in [1.165, 1.54) is 17.3 Å². The van der Waals surface area contributed by atoms with E-state index in [1.807, 2.05) is 6.20 Å². The highest BCUT2D eigenvalue weighted by molar-refractivity contribution is 6.05. The third-order valence-electron chi connectivity index (χ3n) is 4.95. The van der Waals surface area contributed by atoms with Crippen molar-refractivity contribution < 1.29 is 9.59 Å². The molecule has 0 atom stereocenters. The standard InChI is InChI=1S/C19H20N4O2/c20-17(24)14-7-8-22-18(23-19(25)11-5-6-11)16(14)15-10-21-9-12-3-1-2-4-13(12)15/h7-11H,1-6H2,(H2,20,24)(H,22,23,25). The van der Waals surface area contributed by atoms with Crippen molar-refractivity contribution >= 4 is 17.6 Å². The average molecular weight is 336 g/mol. The maximum Gasteiger partial charge on any atom is 0.249 e. The van der Waals surface area contributed by atoms with Crippen molar-refractivity contribution in [3.05, 3.63) is 41.3 Å². The van der Waals surface area contributed by atoms with Gasteiger partial charge in [-0.3, -0.25) is 14.6 Å². The number of aromatic nitrogens is 2. The fourth-order valence-electron chi connectivity index (χ4n) is 3.47. The molecule has 3 N–H and O–H groups in total. The number of nitrogens with two attached hydrogens (primary N) is 1. The highest BCUT2D eigenvalue weighted by Gasteiger charge is 2.31. The zero-order valence-electron chi connectivity index (χ0n) is 13.9. The molecule has 0 aliphatic heterocycles. The number of pyridine rings is 2. The van der Waals surface area contributed by atoms with E-state index in [2.05, 4.69) is 15.3 Å². The Morgan fingerprint density at radius 2 is 1.96 bits per heavy atom. The molecule has 0 aromatic carbocycles. The minimum absolute atomic E-state index is 0.0480. The summed E-state index contributed by atoms with van der Waals surface area (Å²) < 4.78 is 0. The second-order valence-corrected chi connectivity index (χ2v) is 6.74. The van der Waals surface area contributed by atoms with Gasteiger partial charge in [0, 0.05) is 35.6 Å². The molecule has 2 aliphatic carbocycles. The van der Waals surface area contributed by atoms with Crippen molar-refractivity contribution in [1.82, 2.24) is 9.97 Å². The summed E-state index contributed by atoms with van der Waals surface area (Å²) in [6.45, 7) is 0. The van der Waals surface area contributed by atoms with Gasteiger partial charge in [0.25, 0.3) is 0 Å². The number of anilines is 1. The number of rotatable bonds is 4. The van der Waals surface area contributed by atoms with Crippen LogP contribution < -0.4 is 11.1 Å². The molecule has 2 aromatic rings. The highest BCUT2D eigenvalue weighted by atomic mass is 16.2. The van der Waals surface area contributed by atoms with Crippen LogP contribution in [0.1, 0.15) is 47.2 Å². The van der Waals surface area contributed by atoms with Crippen molar-refractivity contribution in [3.63, 3.8) is 0 Å². The number of aryl methyl sites for hydroxylation is 1. The Labute approximate surface area is 145 Å². The lowest BCUT2D eigenvalue weighted by Crippen LogP contribution is -2.19. The molecule has 0 saturated heterocycles. The fourth-order valence-corrected chi connectivity index (χ4v) is 3.47. The number of fused-ring (bicyclic) bond motifs is 1. The maximum atomic E-state index is 12.2. The first-order chi connectivity index (χ1) is 12.1. The number of nitrogens with zero attached hydrogens (tertiary/aromatic N) is 2. The number of hydrogen-bond donors (Lipinski definition) is 2. The molecule has 2 aliphatic rings. The second kappa shape index (κ2) is 6.27. The lowest BCUT2D eigenvalue weighted by Gasteiger charge is -2.21. The van der Waals surface area contributed by atoms with Gasteiger partial charge < -0.3 is 11.1 Å². The van der Waals surface area contributed by atoms with Crippen LogP contribution in [-0.2, 0) is 17.6 Å². The normalized spacial score (nSPS) is 16.2. The van der Waals surface area contributed by atoms with Crippen molar-refractivity contribution in [1.29, 1.82) is 0 Å². The minimum Gasteiger partial charge on any atom is -0.366 e. The highest BCUT2D eigenvalue weighted by Crippen LogP contribution is 2.37. The zero-order valence-corrected chi connectivity index (χ0v) is 13.9. The number of amides is 2. The summed E-state index contributed by atoms with van der Waals surface area (Å²) in [7, 11) is 0. The van der Waals surface area contributed by atoms with Gasteiger partial charge in [0.15, 0.2) is 0 Å². The molecule has 0 spiro atoms. The van der Waals surface area contributed by atoms with Gasteiger partial charge in [-0.15, -0.1) is 0 Å². The molecule has 128 valence electrons. The summed E-state index contributed by atoms with van der Waals surface area (Å²) in [6.07, 6.45) is 11.1. The van der Waals surface area contributed by atoms with E-state index in [9.17, 15) is 9.59 Å². The topological polar surface area (TPSA) is 98.0 Å². The molecule has 4 rings (SSSR count). The van der Waals surface area contributed by atoms with Gasteiger partial charge in [0.1, 0.15) is 5.82 Å². The monoisotopic (exact) mass is 336 g/mol. The summed E-state index contributed by atoms with van der Waals surface area (Å²) in [5.41, 5.74) is 9.78. The van der Waals surface area contributed by atoms with Crippen LogP contribution >= 0.6 is 0 Å². The Morgan fingerprint density at radius 1 is 1.16 bits per heavy atom. The smallest absolute Gasteiger partial charge is 0.249 e. The molecule has 2 heterocycles. The quantitative estimate of drug-likeness (QED) is 0.896. The van der Waals surface area contributed by atoms with Crippen LogP contribution in [0.5, 0.6) is 0 Å². The van der Waals surface area contributed by atoms with Crippen LogP contribution in [0.2, 0.25) is 0 Å². The van der Waals surface area contributed by atoms with E-state index in [4.69, 9.17) is 5.73 Å². The molecule has 1 fully saturated rings. The lowest BCUT2D eigenvalue weighted by atomic mass is 9.86. The molecule has 0 radical (unpaired) electrons. The second-order valence-electron chi connectivity index (χ2n) is 6.74. The SMILES string of the molecule is NC(=O)c1ccnc(NC(=O)C2CC2)c1-c1cncc2c1CCCC2. The Bertz CT molecular complexity index is 858. The Hall–Kier alpha value is -2.76. The van der Waals surface area contributed by atoms with E-state index in [0.29, 0.717) is 16.9 Å². The fraction of sp³-hybridized carbons (Fsp3) is 0.368. The van der Waals surface area contributed by atoms with Crippen LogP contribution in [0.25, 0.3) is 11.1 Å². The number of carbonyl (C=O) groups is 2. The molecule has 25 heavy (non-hydrogen) atoms. The van der Waals surface area contributed by atoms with Gasteiger partial charge in [0.2, 0.25) is 11.8 Å². The first-order valence-corrected chi connectivity index (χ1v) is 8.71. The summed E-state index contributed by atoms with van der Waals surface area (Å²) in [5, 5.41) is 2.89. The molecular formula is C19H20N4O2. The number of nitrogens with one attached hydrogen (secondary N) is 1. The predicted octanol–water partition coefficient (Wildman–Crippen LogP) is 2.47. The van der Waals surface area contributed by atoms with Crippen LogP contribution in [0.15, 0.2) is 24.7 Å². The van der Waals surface area contributed by atoms with Crippen molar-refractivity contribution in [2.45, 2.75) is 38.5 Å². The average Bonchev–Trinajstić information content (AvgIpc) is 3.46. The molecule has 1 saturated carbocycles. The largest absolute Gasteiger partial charge is 0.366 e. The van der Waals surface area contributed by atoms with Crippen molar-refractivity contribution in [2.24, 2.45) is 11.7 Å². The molecule has 0 unspecified atom stereocenters. The molecule has 2 aromatic heterocycles. The summed E-state index contributed by atoms with van der Waals surface area (Å²) in [5.74, 6) is -0.135. The van der Waals surface area contributed by atoms with E-state index in [0.717, 1.165) is 44.1 Å². The van der Waals surface area contributed by atoms with Gasteiger partial charge in [-0.25, -0.2) is 4.98 Å². The molecule has 0 bridgehead atoms. The third-order valence-corrected chi connectivity index (χ3v) is 4.95.